The highest BCUT2D eigenvalue weighted by molar-refractivity contribution is 5.94. The van der Waals surface area contributed by atoms with Crippen molar-refractivity contribution in [2.75, 3.05) is 18.5 Å². The number of aliphatic hydroxyl groups is 1. The Morgan fingerprint density at radius 1 is 1.47 bits per heavy atom. The fourth-order valence-electron chi connectivity index (χ4n) is 1.78. The van der Waals surface area contributed by atoms with Gasteiger partial charge in [-0.3, -0.25) is 4.90 Å². The second kappa shape index (κ2) is 3.55. The second-order valence-electron chi connectivity index (χ2n) is 3.85. The van der Waals surface area contributed by atoms with Crippen LogP contribution in [0.25, 0.3) is 0 Å². The molecule has 1 aromatic rings. The van der Waals surface area contributed by atoms with E-state index in [-0.39, 0.29) is 6.03 Å². The first-order valence-electron chi connectivity index (χ1n) is 4.88. The number of hydrogen-bond donors (Lipinski definition) is 1. The van der Waals surface area contributed by atoms with E-state index in [0.717, 1.165) is 11.3 Å². The summed E-state index contributed by atoms with van der Waals surface area (Å²) < 4.78 is 0. The first kappa shape index (κ1) is 9.98. The lowest BCUT2D eigenvalue weighted by molar-refractivity contribution is 0.183. The van der Waals surface area contributed by atoms with E-state index in [1.165, 1.54) is 9.80 Å². The van der Waals surface area contributed by atoms with Crippen LogP contribution in [0.2, 0.25) is 0 Å². The maximum atomic E-state index is 11.7. The number of likely N-dealkylation sites (N-methyl/N-ethyl adjacent to an activating group) is 1. The zero-order valence-corrected chi connectivity index (χ0v) is 8.84. The van der Waals surface area contributed by atoms with Crippen molar-refractivity contribution in [2.24, 2.45) is 0 Å². The average Bonchev–Trinajstić information content (AvgIpc) is 2.41. The van der Waals surface area contributed by atoms with Crippen molar-refractivity contribution < 1.29 is 9.90 Å². The molecule has 15 heavy (non-hydrogen) atoms. The number of carbonyl (C=O) groups excluding carboxylic acids is 1. The Morgan fingerprint density at radius 2 is 2.20 bits per heavy atom. The van der Waals surface area contributed by atoms with Gasteiger partial charge in [-0.25, -0.2) is 4.79 Å². The molecule has 1 aromatic carbocycles. The maximum absolute atomic E-state index is 11.7. The van der Waals surface area contributed by atoms with Crippen molar-refractivity contribution in [3.8, 4) is 0 Å². The summed E-state index contributed by atoms with van der Waals surface area (Å²) in [5.41, 5.74) is 1.82. The molecule has 1 unspecified atom stereocenters. The van der Waals surface area contributed by atoms with Gasteiger partial charge < -0.3 is 10.0 Å². The fraction of sp³-hybridized carbons (Fsp3) is 0.364. The minimum atomic E-state index is -0.746. The van der Waals surface area contributed by atoms with Crippen LogP contribution >= 0.6 is 0 Å². The number of benzene rings is 1. The van der Waals surface area contributed by atoms with Crippen molar-refractivity contribution in [2.45, 2.75) is 13.2 Å². The van der Waals surface area contributed by atoms with E-state index >= 15 is 0 Å². The molecule has 2 amide bonds. The smallest absolute Gasteiger partial charge is 0.326 e. The molecule has 1 N–H and O–H groups in total. The number of anilines is 1. The average molecular weight is 206 g/mol. The van der Waals surface area contributed by atoms with Crippen molar-refractivity contribution in [1.29, 1.82) is 0 Å². The molecule has 0 spiro atoms. The Bertz CT molecular complexity index is 392. The van der Waals surface area contributed by atoms with Gasteiger partial charge in [0.15, 0.2) is 6.23 Å². The molecule has 0 aliphatic carbocycles. The number of nitrogens with zero attached hydrogens (tertiary/aromatic N) is 2. The van der Waals surface area contributed by atoms with Gasteiger partial charge in [0.1, 0.15) is 0 Å². The van der Waals surface area contributed by atoms with E-state index in [9.17, 15) is 9.90 Å². The normalized spacial score (nSPS) is 21.3. The minimum Gasteiger partial charge on any atom is -0.371 e. The van der Waals surface area contributed by atoms with Crippen molar-refractivity contribution in [1.82, 2.24) is 4.90 Å². The molecule has 0 aromatic heterocycles. The SMILES string of the molecule is Cc1cccc(N2C(=O)N(C)CC2O)c1. The highest BCUT2D eigenvalue weighted by atomic mass is 16.3. The number of β-amino-alcohol motifs (C(OH)–C–C–N with tert-alkyl or cyclic N) is 1. The highest BCUT2D eigenvalue weighted by Gasteiger charge is 2.34. The molecule has 4 nitrogen and oxygen atoms in total. The van der Waals surface area contributed by atoms with Crippen LogP contribution in [-0.4, -0.2) is 35.9 Å². The van der Waals surface area contributed by atoms with Crippen LogP contribution < -0.4 is 4.90 Å². The molecule has 4 heteroatoms. The third-order valence-electron chi connectivity index (χ3n) is 2.55. The monoisotopic (exact) mass is 206 g/mol. The molecule has 2 rings (SSSR count). The van der Waals surface area contributed by atoms with Crippen molar-refractivity contribution >= 4 is 11.7 Å². The molecule has 1 saturated heterocycles. The molecule has 0 bridgehead atoms. The number of aryl methyl sites for hydroxylation is 1. The largest absolute Gasteiger partial charge is 0.371 e. The molecular formula is C11H14N2O2. The van der Waals surface area contributed by atoms with Gasteiger partial charge in [-0.2, -0.15) is 0 Å². The zero-order chi connectivity index (χ0) is 11.0. The van der Waals surface area contributed by atoms with Gasteiger partial charge in [-0.05, 0) is 24.6 Å². The predicted octanol–water partition coefficient (Wildman–Crippen LogP) is 1.19. The number of carbonyl (C=O) groups is 1. The van der Waals surface area contributed by atoms with Crippen LogP contribution in [-0.2, 0) is 0 Å². The topological polar surface area (TPSA) is 43.8 Å². The summed E-state index contributed by atoms with van der Waals surface area (Å²) >= 11 is 0. The van der Waals surface area contributed by atoms with Gasteiger partial charge in [0.05, 0.1) is 6.54 Å². The van der Waals surface area contributed by atoms with Crippen molar-refractivity contribution in [3.05, 3.63) is 29.8 Å². The zero-order valence-electron chi connectivity index (χ0n) is 8.84. The Labute approximate surface area is 88.7 Å². The number of amides is 2. The third kappa shape index (κ3) is 1.68. The van der Waals surface area contributed by atoms with Crippen LogP contribution in [0.5, 0.6) is 0 Å². The summed E-state index contributed by atoms with van der Waals surface area (Å²) in [5, 5.41) is 9.74. The Hall–Kier alpha value is -1.55. The maximum Gasteiger partial charge on any atom is 0.326 e. The molecule has 1 heterocycles. The summed E-state index contributed by atoms with van der Waals surface area (Å²) in [6.45, 7) is 2.31. The van der Waals surface area contributed by atoms with Crippen LogP contribution in [0.3, 0.4) is 0 Å². The van der Waals surface area contributed by atoms with E-state index < -0.39 is 6.23 Å². The number of hydrogen-bond acceptors (Lipinski definition) is 2. The Balaban J connectivity index is 2.35. The van der Waals surface area contributed by atoms with Crippen molar-refractivity contribution in [3.63, 3.8) is 0 Å². The molecule has 0 radical (unpaired) electrons. The second-order valence-corrected chi connectivity index (χ2v) is 3.85. The van der Waals surface area contributed by atoms with E-state index in [2.05, 4.69) is 0 Å². The van der Waals surface area contributed by atoms with E-state index in [1.54, 1.807) is 7.05 Å². The lowest BCUT2D eigenvalue weighted by Crippen LogP contribution is -2.34. The molecule has 1 aliphatic heterocycles. The van der Waals surface area contributed by atoms with Gasteiger partial charge in [0.2, 0.25) is 0 Å². The van der Waals surface area contributed by atoms with Crippen LogP contribution in [0.1, 0.15) is 5.56 Å². The Kier molecular flexibility index (Phi) is 2.36. The lowest BCUT2D eigenvalue weighted by Gasteiger charge is -2.19. The van der Waals surface area contributed by atoms with Crippen LogP contribution in [0.15, 0.2) is 24.3 Å². The molecule has 1 aliphatic rings. The van der Waals surface area contributed by atoms with Gasteiger partial charge >= 0.3 is 6.03 Å². The summed E-state index contributed by atoms with van der Waals surface area (Å²) in [6.07, 6.45) is -0.746. The van der Waals surface area contributed by atoms with Crippen LogP contribution in [0, 0.1) is 6.92 Å². The summed E-state index contributed by atoms with van der Waals surface area (Å²) in [7, 11) is 1.68. The molecular weight excluding hydrogens is 192 g/mol. The quantitative estimate of drug-likeness (QED) is 0.750. The van der Waals surface area contributed by atoms with Gasteiger partial charge in [-0.1, -0.05) is 12.1 Å². The van der Waals surface area contributed by atoms with Gasteiger partial charge in [0, 0.05) is 12.7 Å². The first-order valence-corrected chi connectivity index (χ1v) is 4.88. The lowest BCUT2D eigenvalue weighted by atomic mass is 10.2. The summed E-state index contributed by atoms with van der Waals surface area (Å²) in [4.78, 5) is 14.6. The minimum absolute atomic E-state index is 0.159. The van der Waals surface area contributed by atoms with E-state index in [1.807, 2.05) is 31.2 Å². The molecule has 0 saturated carbocycles. The van der Waals surface area contributed by atoms with E-state index in [4.69, 9.17) is 0 Å². The van der Waals surface area contributed by atoms with Crippen LogP contribution in [0.4, 0.5) is 10.5 Å². The summed E-state index contributed by atoms with van der Waals surface area (Å²) in [6, 6.07) is 7.39. The summed E-state index contributed by atoms with van der Waals surface area (Å²) in [5.74, 6) is 0. The molecule has 1 fully saturated rings. The predicted molar refractivity (Wildman–Crippen MR) is 57.7 cm³/mol. The third-order valence-corrected chi connectivity index (χ3v) is 2.55. The molecule has 1 atom stereocenters. The Morgan fingerprint density at radius 3 is 2.73 bits per heavy atom. The van der Waals surface area contributed by atoms with E-state index in [0.29, 0.717) is 6.54 Å². The fourth-order valence-corrected chi connectivity index (χ4v) is 1.78. The number of urea groups is 1. The highest BCUT2D eigenvalue weighted by Crippen LogP contribution is 2.23. The number of aliphatic hydroxyl groups excluding tert-OH is 1. The first-order chi connectivity index (χ1) is 7.09. The van der Waals surface area contributed by atoms with Gasteiger partial charge in [-0.15, -0.1) is 0 Å². The van der Waals surface area contributed by atoms with Gasteiger partial charge in [0.25, 0.3) is 0 Å². The standard InChI is InChI=1S/C11H14N2O2/c1-8-4-3-5-9(6-8)13-10(14)7-12(2)11(13)15/h3-6,10,14H,7H2,1-2H3. The molecule has 80 valence electrons. The number of rotatable bonds is 1.